The van der Waals surface area contributed by atoms with Crippen LogP contribution in [-0.2, 0) is 11.3 Å². The highest BCUT2D eigenvalue weighted by Gasteiger charge is 2.35. The number of fused-ring (bicyclic) bond motifs is 1. The molecule has 138 valence electrons. The molecule has 0 N–H and O–H groups in total. The third-order valence-electron chi connectivity index (χ3n) is 4.78. The molecular weight excluding hydrogens is 360 g/mol. The van der Waals surface area contributed by atoms with Gasteiger partial charge in [0.05, 0.1) is 37.6 Å². The first-order valence-corrected chi connectivity index (χ1v) is 9.72. The van der Waals surface area contributed by atoms with Crippen molar-refractivity contribution >= 4 is 28.6 Å². The minimum absolute atomic E-state index is 0.0694. The quantitative estimate of drug-likeness (QED) is 0.669. The van der Waals surface area contributed by atoms with Crippen LogP contribution in [0.25, 0.3) is 10.9 Å². The molecule has 1 unspecified atom stereocenters. The average molecular weight is 380 g/mol. The Balaban J connectivity index is 1.75. The fraction of sp³-hybridized carbons (Fsp3) is 0.238. The first-order chi connectivity index (χ1) is 13.2. The summed E-state index contributed by atoms with van der Waals surface area (Å²) in [6, 6.07) is 15.7. The zero-order valence-corrected chi connectivity index (χ0v) is 16.0. The van der Waals surface area contributed by atoms with Crippen molar-refractivity contribution < 1.29 is 14.3 Å². The molecule has 1 aromatic heterocycles. The van der Waals surface area contributed by atoms with Gasteiger partial charge in [-0.2, -0.15) is 0 Å². The SMILES string of the molecule is COc1cccc(OC)c1CN1C(=O)CSC1c1ccnc2ccccc12. The van der Waals surface area contributed by atoms with Gasteiger partial charge in [-0.25, -0.2) is 0 Å². The number of methoxy groups -OCH3 is 2. The van der Waals surface area contributed by atoms with E-state index in [-0.39, 0.29) is 11.3 Å². The highest BCUT2D eigenvalue weighted by atomic mass is 32.2. The van der Waals surface area contributed by atoms with Crippen molar-refractivity contribution in [1.29, 1.82) is 0 Å². The van der Waals surface area contributed by atoms with Gasteiger partial charge in [-0.05, 0) is 29.8 Å². The topological polar surface area (TPSA) is 51.7 Å². The molecule has 3 aromatic rings. The van der Waals surface area contributed by atoms with Crippen molar-refractivity contribution in [3.05, 3.63) is 65.9 Å². The van der Waals surface area contributed by atoms with Gasteiger partial charge in [0.25, 0.3) is 0 Å². The van der Waals surface area contributed by atoms with Gasteiger partial charge >= 0.3 is 0 Å². The number of carbonyl (C=O) groups excluding carboxylic acids is 1. The number of benzene rings is 2. The second-order valence-electron chi connectivity index (χ2n) is 6.24. The second-order valence-corrected chi connectivity index (χ2v) is 7.31. The number of rotatable bonds is 5. The van der Waals surface area contributed by atoms with E-state index in [1.54, 1.807) is 26.0 Å². The fourth-order valence-electron chi connectivity index (χ4n) is 3.47. The average Bonchev–Trinajstić information content (AvgIpc) is 3.08. The number of thioether (sulfide) groups is 1. The van der Waals surface area contributed by atoms with E-state index >= 15 is 0 Å². The first kappa shape index (κ1) is 17.7. The van der Waals surface area contributed by atoms with Crippen LogP contribution in [0.2, 0.25) is 0 Å². The van der Waals surface area contributed by atoms with Crippen molar-refractivity contribution in [2.24, 2.45) is 0 Å². The number of hydrogen-bond donors (Lipinski definition) is 0. The summed E-state index contributed by atoms with van der Waals surface area (Å²) in [6.45, 7) is 0.431. The Labute approximate surface area is 162 Å². The summed E-state index contributed by atoms with van der Waals surface area (Å²) in [5.74, 6) is 2.01. The van der Waals surface area contributed by atoms with Gasteiger partial charge in [-0.1, -0.05) is 24.3 Å². The van der Waals surface area contributed by atoms with Crippen LogP contribution in [0.15, 0.2) is 54.7 Å². The maximum absolute atomic E-state index is 12.7. The van der Waals surface area contributed by atoms with Crippen molar-refractivity contribution in [2.45, 2.75) is 11.9 Å². The monoisotopic (exact) mass is 380 g/mol. The molecule has 0 bridgehead atoms. The Bertz CT molecular complexity index is 965. The zero-order chi connectivity index (χ0) is 18.8. The van der Waals surface area contributed by atoms with E-state index in [0.717, 1.165) is 33.5 Å². The molecule has 4 rings (SSSR count). The van der Waals surface area contributed by atoms with E-state index in [1.165, 1.54) is 0 Å². The molecule has 2 heterocycles. The number of nitrogens with zero attached hydrogens (tertiary/aromatic N) is 2. The number of para-hydroxylation sites is 1. The van der Waals surface area contributed by atoms with Crippen LogP contribution in [0.3, 0.4) is 0 Å². The molecule has 0 saturated carbocycles. The fourth-order valence-corrected chi connectivity index (χ4v) is 4.69. The summed E-state index contributed by atoms with van der Waals surface area (Å²) in [5, 5.41) is 1.00. The summed E-state index contributed by atoms with van der Waals surface area (Å²) in [5.41, 5.74) is 2.91. The summed E-state index contributed by atoms with van der Waals surface area (Å²) in [4.78, 5) is 19.0. The normalized spacial score (nSPS) is 16.7. The van der Waals surface area contributed by atoms with Gasteiger partial charge in [0, 0.05) is 11.6 Å². The van der Waals surface area contributed by atoms with E-state index in [0.29, 0.717) is 12.3 Å². The van der Waals surface area contributed by atoms with Gasteiger partial charge in [0.2, 0.25) is 5.91 Å². The molecule has 0 spiro atoms. The molecule has 0 radical (unpaired) electrons. The smallest absolute Gasteiger partial charge is 0.234 e. The molecule has 1 saturated heterocycles. The van der Waals surface area contributed by atoms with Crippen LogP contribution in [-0.4, -0.2) is 35.8 Å². The summed E-state index contributed by atoms with van der Waals surface area (Å²) < 4.78 is 11.0. The molecule has 2 aromatic carbocycles. The molecule has 1 atom stereocenters. The summed E-state index contributed by atoms with van der Waals surface area (Å²) in [6.07, 6.45) is 1.81. The van der Waals surface area contributed by atoms with Crippen LogP contribution >= 0.6 is 11.8 Å². The van der Waals surface area contributed by atoms with E-state index in [4.69, 9.17) is 9.47 Å². The zero-order valence-electron chi connectivity index (χ0n) is 15.2. The molecule has 5 nitrogen and oxygen atoms in total. The van der Waals surface area contributed by atoms with Crippen LogP contribution in [0.4, 0.5) is 0 Å². The number of amides is 1. The first-order valence-electron chi connectivity index (χ1n) is 8.67. The Morgan fingerprint density at radius 2 is 1.81 bits per heavy atom. The number of hydrogen-bond acceptors (Lipinski definition) is 5. The second kappa shape index (κ2) is 7.48. The molecule has 6 heteroatoms. The highest BCUT2D eigenvalue weighted by Crippen LogP contribution is 2.43. The van der Waals surface area contributed by atoms with Crippen molar-refractivity contribution in [2.75, 3.05) is 20.0 Å². The predicted octanol–water partition coefficient (Wildman–Crippen LogP) is 4.03. The van der Waals surface area contributed by atoms with Gasteiger partial charge in [-0.15, -0.1) is 11.8 Å². The maximum atomic E-state index is 12.7. The van der Waals surface area contributed by atoms with Gasteiger partial charge in [-0.3, -0.25) is 9.78 Å². The van der Waals surface area contributed by atoms with E-state index < -0.39 is 0 Å². The van der Waals surface area contributed by atoms with Crippen LogP contribution < -0.4 is 9.47 Å². The largest absolute Gasteiger partial charge is 0.496 e. The number of aromatic nitrogens is 1. The number of carbonyl (C=O) groups is 1. The minimum atomic E-state index is -0.0694. The summed E-state index contributed by atoms with van der Waals surface area (Å²) in [7, 11) is 3.26. The third kappa shape index (κ3) is 3.21. The third-order valence-corrected chi connectivity index (χ3v) is 6.01. The lowest BCUT2D eigenvalue weighted by atomic mass is 10.1. The Kier molecular flexibility index (Phi) is 4.90. The van der Waals surface area contributed by atoms with Crippen molar-refractivity contribution in [3.63, 3.8) is 0 Å². The van der Waals surface area contributed by atoms with Crippen LogP contribution in [0.5, 0.6) is 11.5 Å². The molecule has 1 aliphatic rings. The highest BCUT2D eigenvalue weighted by molar-refractivity contribution is 8.00. The molecular formula is C21H20N2O3S. The van der Waals surface area contributed by atoms with Crippen LogP contribution in [0, 0.1) is 0 Å². The van der Waals surface area contributed by atoms with Crippen LogP contribution in [0.1, 0.15) is 16.5 Å². The Morgan fingerprint density at radius 3 is 2.56 bits per heavy atom. The summed E-state index contributed by atoms with van der Waals surface area (Å²) >= 11 is 1.64. The Morgan fingerprint density at radius 1 is 1.07 bits per heavy atom. The number of ether oxygens (including phenoxy) is 2. The van der Waals surface area contributed by atoms with E-state index in [1.807, 2.05) is 53.6 Å². The van der Waals surface area contributed by atoms with Gasteiger partial charge in [0.15, 0.2) is 0 Å². The lowest BCUT2D eigenvalue weighted by Gasteiger charge is -2.26. The Hall–Kier alpha value is -2.73. The predicted molar refractivity (Wildman–Crippen MR) is 107 cm³/mol. The van der Waals surface area contributed by atoms with E-state index in [9.17, 15) is 4.79 Å². The lowest BCUT2D eigenvalue weighted by Crippen LogP contribution is -2.28. The van der Waals surface area contributed by atoms with Crippen molar-refractivity contribution in [3.8, 4) is 11.5 Å². The lowest BCUT2D eigenvalue weighted by molar-refractivity contribution is -0.128. The molecule has 1 aliphatic heterocycles. The molecule has 1 fully saturated rings. The number of pyridine rings is 1. The standard InChI is InChI=1S/C21H20N2O3S/c1-25-18-8-5-9-19(26-2)16(18)12-23-20(24)13-27-21(23)15-10-11-22-17-7-4-3-6-14(15)17/h3-11,21H,12-13H2,1-2H3. The molecule has 0 aliphatic carbocycles. The van der Waals surface area contributed by atoms with Gasteiger partial charge in [0.1, 0.15) is 16.9 Å². The van der Waals surface area contributed by atoms with Gasteiger partial charge < -0.3 is 14.4 Å². The molecule has 1 amide bonds. The molecule has 27 heavy (non-hydrogen) atoms. The minimum Gasteiger partial charge on any atom is -0.496 e. The van der Waals surface area contributed by atoms with Crippen molar-refractivity contribution in [1.82, 2.24) is 9.88 Å². The van der Waals surface area contributed by atoms with E-state index in [2.05, 4.69) is 11.1 Å². The maximum Gasteiger partial charge on any atom is 0.234 e.